The highest BCUT2D eigenvalue weighted by atomic mass is 32.1. The molecule has 3 atom stereocenters. The topological polar surface area (TPSA) is 99.1 Å². The minimum Gasteiger partial charge on any atom is -0.480 e. The lowest BCUT2D eigenvalue weighted by atomic mass is 9.81. The monoisotopic (exact) mass is 261 g/mol. The van der Waals surface area contributed by atoms with Gasteiger partial charge in [0, 0.05) is 13.0 Å². The summed E-state index contributed by atoms with van der Waals surface area (Å²) in [6.07, 6.45) is 0.743. The minimum atomic E-state index is -1.33. The van der Waals surface area contributed by atoms with Crippen LogP contribution in [0.3, 0.4) is 0 Å². The summed E-state index contributed by atoms with van der Waals surface area (Å²) in [4.78, 5) is 34.4. The average molecular weight is 261 g/mol. The van der Waals surface area contributed by atoms with E-state index in [0.29, 0.717) is 6.54 Å². The summed E-state index contributed by atoms with van der Waals surface area (Å²) in [5.74, 6) is -1.26. The zero-order valence-electron chi connectivity index (χ0n) is 9.37. The number of hydrogen-bond acceptors (Lipinski definition) is 6. The fourth-order valence-corrected chi connectivity index (χ4v) is 2.45. The number of nitrogens with one attached hydrogen (secondary N) is 1. The maximum absolute atomic E-state index is 11.1. The highest BCUT2D eigenvalue weighted by molar-refractivity contribution is 7.80. The third-order valence-electron chi connectivity index (χ3n) is 3.14. The standard InChI is InChI=1S/C9H15N3O4S/c1-12-3-2-9(11-16,4-6(12)17)7(8(14)15)10-5-13/h5-7,17H,2-4H2,1H3,(H,10,13)(H,14,15). The molecular weight excluding hydrogens is 246 g/mol. The lowest BCUT2D eigenvalue weighted by Crippen LogP contribution is -2.59. The molecule has 0 aliphatic carbocycles. The van der Waals surface area contributed by atoms with Gasteiger partial charge in [0.15, 0.2) is 6.04 Å². The molecule has 0 bridgehead atoms. The van der Waals surface area contributed by atoms with Gasteiger partial charge in [0.1, 0.15) is 5.54 Å². The Balaban J connectivity index is 2.97. The molecule has 17 heavy (non-hydrogen) atoms. The second-order valence-corrected chi connectivity index (χ2v) is 4.76. The van der Waals surface area contributed by atoms with Gasteiger partial charge in [-0.3, -0.25) is 9.69 Å². The fraction of sp³-hybridized carbons (Fsp3) is 0.778. The van der Waals surface area contributed by atoms with Crippen LogP contribution in [0.4, 0.5) is 0 Å². The van der Waals surface area contributed by atoms with Gasteiger partial charge in [0.2, 0.25) is 6.41 Å². The zero-order valence-corrected chi connectivity index (χ0v) is 10.3. The summed E-state index contributed by atoms with van der Waals surface area (Å²) in [6, 6.07) is -1.30. The number of aliphatic carboxylic acids is 1. The van der Waals surface area contributed by atoms with Crippen LogP contribution in [0.25, 0.3) is 0 Å². The summed E-state index contributed by atoms with van der Waals surface area (Å²) in [7, 11) is 1.83. The molecule has 0 aromatic carbocycles. The molecule has 1 fully saturated rings. The Kier molecular flexibility index (Phi) is 4.47. The molecule has 1 saturated heterocycles. The predicted molar refractivity (Wildman–Crippen MR) is 63.8 cm³/mol. The van der Waals surface area contributed by atoms with Crippen LogP contribution in [-0.2, 0) is 9.59 Å². The SMILES string of the molecule is CN1CCC(N=O)(C(NC=O)C(=O)O)CC1S. The van der Waals surface area contributed by atoms with Crippen LogP contribution in [-0.4, -0.2) is 52.9 Å². The summed E-state index contributed by atoms with van der Waals surface area (Å²) < 4.78 is 0. The van der Waals surface area contributed by atoms with Crippen LogP contribution in [0.2, 0.25) is 0 Å². The second kappa shape index (κ2) is 5.46. The Morgan fingerprint density at radius 1 is 1.76 bits per heavy atom. The van der Waals surface area contributed by atoms with Gasteiger partial charge < -0.3 is 10.4 Å². The largest absolute Gasteiger partial charge is 0.480 e. The molecule has 7 nitrogen and oxygen atoms in total. The van der Waals surface area contributed by atoms with E-state index in [1.54, 1.807) is 0 Å². The molecule has 1 aliphatic rings. The highest BCUT2D eigenvalue weighted by Gasteiger charge is 2.49. The van der Waals surface area contributed by atoms with Crippen LogP contribution in [0.5, 0.6) is 0 Å². The van der Waals surface area contributed by atoms with Gasteiger partial charge in [0.25, 0.3) is 0 Å². The van der Waals surface area contributed by atoms with E-state index in [9.17, 15) is 14.5 Å². The van der Waals surface area contributed by atoms with Crippen molar-refractivity contribution in [2.45, 2.75) is 29.8 Å². The van der Waals surface area contributed by atoms with E-state index >= 15 is 0 Å². The maximum Gasteiger partial charge on any atom is 0.328 e. The molecule has 96 valence electrons. The number of nitrogens with zero attached hydrogens (tertiary/aromatic N) is 2. The van der Waals surface area contributed by atoms with E-state index in [2.05, 4.69) is 23.1 Å². The molecule has 1 amide bonds. The van der Waals surface area contributed by atoms with Gasteiger partial charge >= 0.3 is 5.97 Å². The van der Waals surface area contributed by atoms with Gasteiger partial charge in [-0.15, -0.1) is 0 Å². The lowest BCUT2D eigenvalue weighted by Gasteiger charge is -2.41. The zero-order chi connectivity index (χ0) is 13.1. The van der Waals surface area contributed by atoms with Crippen molar-refractivity contribution in [3.63, 3.8) is 0 Å². The molecule has 0 aromatic heterocycles. The third kappa shape index (κ3) is 2.75. The Labute approximate surface area is 104 Å². The van der Waals surface area contributed by atoms with Gasteiger partial charge in [-0.2, -0.15) is 17.5 Å². The van der Waals surface area contributed by atoms with Gasteiger partial charge in [0.05, 0.1) is 5.37 Å². The smallest absolute Gasteiger partial charge is 0.328 e. The van der Waals surface area contributed by atoms with Gasteiger partial charge in [-0.1, -0.05) is 5.18 Å². The van der Waals surface area contributed by atoms with E-state index in [-0.39, 0.29) is 24.6 Å². The average Bonchev–Trinajstić information content (AvgIpc) is 2.30. The number of piperidine rings is 1. The molecule has 2 N–H and O–H groups in total. The van der Waals surface area contributed by atoms with Crippen molar-refractivity contribution in [2.24, 2.45) is 5.18 Å². The fourth-order valence-electron chi connectivity index (χ4n) is 2.02. The van der Waals surface area contributed by atoms with Crippen LogP contribution < -0.4 is 5.32 Å². The number of carboxylic acids is 1. The first-order chi connectivity index (χ1) is 7.96. The summed E-state index contributed by atoms with van der Waals surface area (Å²) in [5, 5.41) is 13.9. The Morgan fingerprint density at radius 3 is 2.82 bits per heavy atom. The van der Waals surface area contributed by atoms with Gasteiger partial charge in [-0.25, -0.2) is 4.79 Å². The molecule has 0 aromatic rings. The number of nitroso groups, excluding NO2 is 1. The molecule has 0 spiro atoms. The predicted octanol–water partition coefficient (Wildman–Crippen LogP) is -0.328. The molecule has 1 aliphatic heterocycles. The summed E-state index contributed by atoms with van der Waals surface area (Å²) >= 11 is 4.27. The van der Waals surface area contributed by atoms with Crippen molar-refractivity contribution in [1.29, 1.82) is 0 Å². The first-order valence-corrected chi connectivity index (χ1v) is 5.64. The molecule has 0 radical (unpaired) electrons. The van der Waals surface area contributed by atoms with Crippen molar-refractivity contribution in [3.8, 4) is 0 Å². The Bertz CT molecular complexity index is 327. The molecule has 1 heterocycles. The minimum absolute atomic E-state index is 0.188. The molecule has 1 rings (SSSR count). The van der Waals surface area contributed by atoms with Crippen molar-refractivity contribution < 1.29 is 14.7 Å². The lowest BCUT2D eigenvalue weighted by molar-refractivity contribution is -0.143. The summed E-state index contributed by atoms with van der Waals surface area (Å²) in [6.45, 7) is 0.504. The van der Waals surface area contributed by atoms with Crippen molar-refractivity contribution in [2.75, 3.05) is 13.6 Å². The van der Waals surface area contributed by atoms with E-state index in [4.69, 9.17) is 5.11 Å². The van der Waals surface area contributed by atoms with Crippen LogP contribution in [0, 0.1) is 4.91 Å². The third-order valence-corrected chi connectivity index (χ3v) is 3.72. The quantitative estimate of drug-likeness (QED) is 0.357. The van der Waals surface area contributed by atoms with Crippen LogP contribution >= 0.6 is 12.6 Å². The van der Waals surface area contributed by atoms with E-state index in [1.807, 2.05) is 11.9 Å². The maximum atomic E-state index is 11.1. The first-order valence-electron chi connectivity index (χ1n) is 5.12. The van der Waals surface area contributed by atoms with E-state index < -0.39 is 17.6 Å². The number of likely N-dealkylation sites (tertiary alicyclic amines) is 1. The van der Waals surface area contributed by atoms with Crippen molar-refractivity contribution >= 4 is 25.0 Å². The molecule has 0 saturated carbocycles. The number of hydrogen-bond donors (Lipinski definition) is 3. The van der Waals surface area contributed by atoms with E-state index in [1.165, 1.54) is 0 Å². The van der Waals surface area contributed by atoms with E-state index in [0.717, 1.165) is 0 Å². The normalized spacial score (nSPS) is 31.5. The van der Waals surface area contributed by atoms with Crippen LogP contribution in [0.15, 0.2) is 5.18 Å². The molecular formula is C9H15N3O4S. The second-order valence-electron chi connectivity index (χ2n) is 4.17. The Morgan fingerprint density at radius 2 is 2.41 bits per heavy atom. The number of amides is 1. The number of carboxylic acid groups (broad SMARTS) is 1. The molecule has 3 unspecified atom stereocenters. The van der Waals surface area contributed by atoms with Gasteiger partial charge in [-0.05, 0) is 13.5 Å². The van der Waals surface area contributed by atoms with Crippen molar-refractivity contribution in [1.82, 2.24) is 10.2 Å². The highest BCUT2D eigenvalue weighted by Crippen LogP contribution is 2.34. The Hall–Kier alpha value is -1.15. The van der Waals surface area contributed by atoms with Crippen LogP contribution in [0.1, 0.15) is 12.8 Å². The first kappa shape index (κ1) is 13.9. The summed E-state index contributed by atoms with van der Waals surface area (Å²) in [5.41, 5.74) is -1.33. The number of rotatable bonds is 5. The van der Waals surface area contributed by atoms with Crippen molar-refractivity contribution in [3.05, 3.63) is 4.91 Å². The number of carbonyl (C=O) groups is 2. The molecule has 8 heteroatoms. The number of thiol groups is 1. The number of carbonyl (C=O) groups excluding carboxylic acids is 1.